The van der Waals surface area contributed by atoms with Crippen LogP contribution in [0.25, 0.3) is 0 Å². The van der Waals surface area contributed by atoms with Crippen molar-refractivity contribution in [1.82, 2.24) is 10.2 Å². The molecule has 0 aromatic rings. The number of nitrogens with zero attached hydrogens (tertiary/aromatic N) is 1. The van der Waals surface area contributed by atoms with Gasteiger partial charge in [-0.15, -0.1) is 0 Å². The first kappa shape index (κ1) is 15.0. The van der Waals surface area contributed by atoms with E-state index in [0.717, 1.165) is 32.4 Å². The largest absolute Gasteiger partial charge is 0.378 e. The van der Waals surface area contributed by atoms with Crippen LogP contribution in [0.3, 0.4) is 0 Å². The molecule has 1 aliphatic heterocycles. The molecule has 0 aliphatic carbocycles. The number of nitrogens with one attached hydrogen (secondary N) is 1. The maximum absolute atomic E-state index is 11.7. The second-order valence-electron chi connectivity index (χ2n) is 4.83. The number of carbonyl (C=O) groups is 2. The van der Waals surface area contributed by atoms with Gasteiger partial charge in [-0.3, -0.25) is 9.59 Å². The zero-order valence-electron chi connectivity index (χ0n) is 11.4. The summed E-state index contributed by atoms with van der Waals surface area (Å²) in [5.74, 6) is -0.0272. The molecule has 5 heteroatoms. The van der Waals surface area contributed by atoms with Crippen molar-refractivity contribution in [2.24, 2.45) is 0 Å². The molecule has 1 unspecified atom stereocenters. The predicted molar refractivity (Wildman–Crippen MR) is 69.1 cm³/mol. The zero-order valence-corrected chi connectivity index (χ0v) is 11.4. The first-order valence-electron chi connectivity index (χ1n) is 6.69. The minimum Gasteiger partial charge on any atom is -0.378 e. The smallest absolute Gasteiger partial charge is 0.224 e. The van der Waals surface area contributed by atoms with E-state index < -0.39 is 0 Å². The van der Waals surface area contributed by atoms with Gasteiger partial charge in [-0.25, -0.2) is 0 Å². The maximum Gasteiger partial charge on any atom is 0.224 e. The van der Waals surface area contributed by atoms with Gasteiger partial charge in [0.25, 0.3) is 0 Å². The number of amides is 2. The van der Waals surface area contributed by atoms with E-state index >= 15 is 0 Å². The highest BCUT2D eigenvalue weighted by Gasteiger charge is 2.16. The standard InChI is InChI=1S/C13H24N2O3/c1-11(16)14-8-6-13(17)15(2)9-7-12-5-3-4-10-18-12/h12H,3-10H2,1-2H3,(H,14,16). The van der Waals surface area contributed by atoms with Crippen molar-refractivity contribution in [1.29, 1.82) is 0 Å². The first-order valence-corrected chi connectivity index (χ1v) is 6.69. The number of hydrogen-bond acceptors (Lipinski definition) is 3. The van der Waals surface area contributed by atoms with Gasteiger partial charge in [0, 0.05) is 40.1 Å². The highest BCUT2D eigenvalue weighted by atomic mass is 16.5. The fourth-order valence-electron chi connectivity index (χ4n) is 2.03. The van der Waals surface area contributed by atoms with E-state index in [0.29, 0.717) is 19.1 Å². The molecule has 5 nitrogen and oxygen atoms in total. The lowest BCUT2D eigenvalue weighted by Crippen LogP contribution is -2.34. The van der Waals surface area contributed by atoms with Crippen molar-refractivity contribution in [2.75, 3.05) is 26.7 Å². The molecule has 0 saturated carbocycles. The molecule has 0 aromatic carbocycles. The average Bonchev–Trinajstić information content (AvgIpc) is 2.36. The summed E-state index contributed by atoms with van der Waals surface area (Å²) in [7, 11) is 1.80. The van der Waals surface area contributed by atoms with Gasteiger partial charge in [0.05, 0.1) is 6.10 Å². The average molecular weight is 256 g/mol. The Kier molecular flexibility index (Phi) is 6.72. The lowest BCUT2D eigenvalue weighted by atomic mass is 10.1. The second kappa shape index (κ2) is 8.08. The van der Waals surface area contributed by atoms with Crippen LogP contribution in [-0.2, 0) is 14.3 Å². The van der Waals surface area contributed by atoms with Gasteiger partial charge in [-0.2, -0.15) is 0 Å². The Morgan fingerprint density at radius 3 is 2.78 bits per heavy atom. The van der Waals surface area contributed by atoms with Crippen LogP contribution < -0.4 is 5.32 Å². The van der Waals surface area contributed by atoms with E-state index in [1.807, 2.05) is 0 Å². The van der Waals surface area contributed by atoms with Crippen LogP contribution in [0.4, 0.5) is 0 Å². The van der Waals surface area contributed by atoms with E-state index in [4.69, 9.17) is 4.74 Å². The van der Waals surface area contributed by atoms with E-state index in [1.54, 1.807) is 11.9 Å². The number of ether oxygens (including phenoxy) is 1. The van der Waals surface area contributed by atoms with Crippen molar-refractivity contribution in [2.45, 2.75) is 45.1 Å². The van der Waals surface area contributed by atoms with Crippen LogP contribution in [0.1, 0.15) is 39.0 Å². The molecule has 1 saturated heterocycles. The Labute approximate surface area is 109 Å². The van der Waals surface area contributed by atoms with Crippen LogP contribution in [0.15, 0.2) is 0 Å². The molecule has 2 amide bonds. The molecule has 1 rings (SSSR count). The second-order valence-corrected chi connectivity index (χ2v) is 4.83. The lowest BCUT2D eigenvalue weighted by Gasteiger charge is -2.25. The highest BCUT2D eigenvalue weighted by molar-refractivity contribution is 5.77. The van der Waals surface area contributed by atoms with Crippen LogP contribution in [0.2, 0.25) is 0 Å². The van der Waals surface area contributed by atoms with Crippen LogP contribution in [-0.4, -0.2) is 49.6 Å². The highest BCUT2D eigenvalue weighted by Crippen LogP contribution is 2.15. The third-order valence-electron chi connectivity index (χ3n) is 3.20. The molecular formula is C13H24N2O3. The molecule has 1 fully saturated rings. The molecule has 1 atom stereocenters. The maximum atomic E-state index is 11.7. The Balaban J connectivity index is 2.12. The monoisotopic (exact) mass is 256 g/mol. The summed E-state index contributed by atoms with van der Waals surface area (Å²) >= 11 is 0. The van der Waals surface area contributed by atoms with E-state index in [1.165, 1.54) is 13.3 Å². The molecule has 18 heavy (non-hydrogen) atoms. The molecule has 104 valence electrons. The quantitative estimate of drug-likeness (QED) is 0.769. The number of carbonyl (C=O) groups excluding carboxylic acids is 2. The van der Waals surface area contributed by atoms with E-state index in [9.17, 15) is 9.59 Å². The Bertz CT molecular complexity index is 275. The van der Waals surface area contributed by atoms with Gasteiger partial charge in [0.1, 0.15) is 0 Å². The summed E-state index contributed by atoms with van der Waals surface area (Å²) in [6, 6.07) is 0. The van der Waals surface area contributed by atoms with Crippen molar-refractivity contribution in [3.05, 3.63) is 0 Å². The summed E-state index contributed by atoms with van der Waals surface area (Å²) in [5, 5.41) is 2.63. The fraction of sp³-hybridized carbons (Fsp3) is 0.846. The zero-order chi connectivity index (χ0) is 13.4. The van der Waals surface area contributed by atoms with Gasteiger partial charge in [-0.05, 0) is 25.7 Å². The molecular weight excluding hydrogens is 232 g/mol. The minimum absolute atomic E-state index is 0.0690. The molecule has 0 spiro atoms. The summed E-state index contributed by atoms with van der Waals surface area (Å²) in [5.41, 5.74) is 0. The van der Waals surface area contributed by atoms with Crippen molar-refractivity contribution in [3.8, 4) is 0 Å². The van der Waals surface area contributed by atoms with Crippen molar-refractivity contribution < 1.29 is 14.3 Å². The molecule has 1 heterocycles. The Morgan fingerprint density at radius 1 is 1.39 bits per heavy atom. The minimum atomic E-state index is -0.0962. The normalized spacial score (nSPS) is 19.3. The SMILES string of the molecule is CC(=O)NCCC(=O)N(C)CCC1CCCCO1. The van der Waals surface area contributed by atoms with Gasteiger partial charge in [0.15, 0.2) is 0 Å². The van der Waals surface area contributed by atoms with Gasteiger partial charge < -0.3 is 15.0 Å². The molecule has 1 N–H and O–H groups in total. The fourth-order valence-corrected chi connectivity index (χ4v) is 2.03. The molecule has 0 bridgehead atoms. The first-order chi connectivity index (χ1) is 8.59. The van der Waals surface area contributed by atoms with Gasteiger partial charge in [0.2, 0.25) is 11.8 Å². The summed E-state index contributed by atoms with van der Waals surface area (Å²) < 4.78 is 5.63. The molecule has 0 radical (unpaired) electrons. The Hall–Kier alpha value is -1.10. The van der Waals surface area contributed by atoms with E-state index in [-0.39, 0.29) is 11.8 Å². The topological polar surface area (TPSA) is 58.6 Å². The third kappa shape index (κ3) is 6.00. The van der Waals surface area contributed by atoms with Crippen LogP contribution in [0.5, 0.6) is 0 Å². The van der Waals surface area contributed by atoms with Gasteiger partial charge in [-0.1, -0.05) is 0 Å². The molecule has 0 aromatic heterocycles. The van der Waals surface area contributed by atoms with Crippen LogP contribution >= 0.6 is 0 Å². The predicted octanol–water partition coefficient (Wildman–Crippen LogP) is 0.930. The summed E-state index contributed by atoms with van der Waals surface area (Å²) in [6.07, 6.45) is 5.06. The van der Waals surface area contributed by atoms with Crippen molar-refractivity contribution in [3.63, 3.8) is 0 Å². The Morgan fingerprint density at radius 2 is 2.17 bits per heavy atom. The number of rotatable bonds is 6. The van der Waals surface area contributed by atoms with Crippen molar-refractivity contribution >= 4 is 11.8 Å². The van der Waals surface area contributed by atoms with Gasteiger partial charge >= 0.3 is 0 Å². The summed E-state index contributed by atoms with van der Waals surface area (Å²) in [4.78, 5) is 24.1. The number of hydrogen-bond donors (Lipinski definition) is 1. The lowest BCUT2D eigenvalue weighted by molar-refractivity contribution is -0.130. The third-order valence-corrected chi connectivity index (χ3v) is 3.20. The van der Waals surface area contributed by atoms with E-state index in [2.05, 4.69) is 5.32 Å². The van der Waals surface area contributed by atoms with Crippen LogP contribution in [0, 0.1) is 0 Å². The summed E-state index contributed by atoms with van der Waals surface area (Å²) in [6.45, 7) is 3.45. The molecule has 1 aliphatic rings.